The number of methoxy groups -OCH3 is 1. The van der Waals surface area contributed by atoms with Gasteiger partial charge in [-0.25, -0.2) is 0 Å². The smallest absolute Gasteiger partial charge is 0.495 e. The monoisotopic (exact) mass is 382 g/mol. The Labute approximate surface area is 155 Å². The molecule has 0 saturated heterocycles. The molecule has 0 spiro atoms. The van der Waals surface area contributed by atoms with E-state index in [2.05, 4.69) is 10.1 Å². The lowest BCUT2D eigenvalue weighted by Gasteiger charge is -2.19. The maximum absolute atomic E-state index is 12.5. The zero-order chi connectivity index (χ0) is 19.9. The van der Waals surface area contributed by atoms with E-state index in [0.29, 0.717) is 23.5 Å². The van der Waals surface area contributed by atoms with Crippen LogP contribution in [0.2, 0.25) is 0 Å². The van der Waals surface area contributed by atoms with Crippen LogP contribution in [0.3, 0.4) is 0 Å². The van der Waals surface area contributed by atoms with Crippen molar-refractivity contribution in [2.75, 3.05) is 26.0 Å². The van der Waals surface area contributed by atoms with E-state index in [9.17, 15) is 18.0 Å². The number of halogens is 3. The van der Waals surface area contributed by atoms with Gasteiger partial charge in [0, 0.05) is 25.1 Å². The van der Waals surface area contributed by atoms with Gasteiger partial charge in [0.1, 0.15) is 11.5 Å². The molecule has 8 heteroatoms. The van der Waals surface area contributed by atoms with Crippen molar-refractivity contribution in [2.24, 2.45) is 0 Å². The summed E-state index contributed by atoms with van der Waals surface area (Å²) in [6, 6.07) is 13.0. The van der Waals surface area contributed by atoms with Crippen LogP contribution in [-0.2, 0) is 11.3 Å². The molecule has 0 aliphatic rings. The minimum Gasteiger partial charge on any atom is -0.495 e. The molecule has 0 aliphatic carbocycles. The predicted octanol–water partition coefficient (Wildman–Crippen LogP) is 4.05. The largest absolute Gasteiger partial charge is 0.573 e. The molecule has 2 aromatic rings. The van der Waals surface area contributed by atoms with Crippen LogP contribution in [0.25, 0.3) is 0 Å². The molecule has 1 amide bonds. The quantitative estimate of drug-likeness (QED) is 0.748. The Morgan fingerprint density at radius 3 is 2.37 bits per heavy atom. The number of hydrogen-bond donors (Lipinski definition) is 1. The van der Waals surface area contributed by atoms with Crippen molar-refractivity contribution in [2.45, 2.75) is 19.3 Å². The Kier molecular flexibility index (Phi) is 7.06. The van der Waals surface area contributed by atoms with Gasteiger partial charge >= 0.3 is 6.36 Å². The summed E-state index contributed by atoms with van der Waals surface area (Å²) in [6.45, 7) is 0.579. The summed E-state index contributed by atoms with van der Waals surface area (Å²) in [6.07, 6.45) is -4.57. The zero-order valence-corrected chi connectivity index (χ0v) is 15.0. The molecule has 5 nitrogen and oxygen atoms in total. The first-order valence-electron chi connectivity index (χ1n) is 8.23. The van der Waals surface area contributed by atoms with Crippen molar-refractivity contribution in [3.8, 4) is 11.5 Å². The van der Waals surface area contributed by atoms with Gasteiger partial charge < -0.3 is 19.7 Å². The molecule has 0 radical (unpaired) electrons. The average Bonchev–Trinajstić information content (AvgIpc) is 2.61. The Morgan fingerprint density at radius 1 is 1.07 bits per heavy atom. The number of rotatable bonds is 8. The van der Waals surface area contributed by atoms with Crippen LogP contribution in [0, 0.1) is 0 Å². The number of carbonyl (C=O) groups excluding carboxylic acids is 1. The van der Waals surface area contributed by atoms with Crippen molar-refractivity contribution in [3.63, 3.8) is 0 Å². The summed E-state index contributed by atoms with van der Waals surface area (Å²) in [4.78, 5) is 13.9. The molecule has 0 bridgehead atoms. The molecule has 2 rings (SSSR count). The Morgan fingerprint density at radius 2 is 1.70 bits per heavy atom. The second-order valence-electron chi connectivity index (χ2n) is 5.89. The zero-order valence-electron chi connectivity index (χ0n) is 15.0. The summed E-state index contributed by atoms with van der Waals surface area (Å²) in [7, 11) is 3.24. The van der Waals surface area contributed by atoms with E-state index >= 15 is 0 Å². The molecule has 0 atom stereocenters. The summed E-state index contributed by atoms with van der Waals surface area (Å²) < 4.78 is 46.7. The number of anilines is 1. The third kappa shape index (κ3) is 6.82. The fourth-order valence-corrected chi connectivity index (χ4v) is 2.48. The van der Waals surface area contributed by atoms with Gasteiger partial charge in [-0.3, -0.25) is 4.79 Å². The number of carbonyl (C=O) groups is 1. The summed E-state index contributed by atoms with van der Waals surface area (Å²) in [5, 5.41) is 2.76. The van der Waals surface area contributed by atoms with E-state index < -0.39 is 6.36 Å². The van der Waals surface area contributed by atoms with Crippen LogP contribution in [0.4, 0.5) is 18.9 Å². The van der Waals surface area contributed by atoms with E-state index in [4.69, 9.17) is 4.74 Å². The Balaban J connectivity index is 1.89. The number of nitrogens with one attached hydrogen (secondary N) is 1. The number of amides is 1. The maximum Gasteiger partial charge on any atom is 0.573 e. The highest BCUT2D eigenvalue weighted by molar-refractivity contribution is 5.92. The molecule has 146 valence electrons. The molecule has 1 N–H and O–H groups in total. The van der Waals surface area contributed by atoms with Gasteiger partial charge in [0.15, 0.2) is 0 Å². The third-order valence-corrected chi connectivity index (χ3v) is 3.74. The van der Waals surface area contributed by atoms with Crippen LogP contribution in [0.5, 0.6) is 11.5 Å². The molecule has 0 fully saturated rings. The van der Waals surface area contributed by atoms with E-state index in [1.165, 1.54) is 19.2 Å². The summed E-state index contributed by atoms with van der Waals surface area (Å²) in [5.74, 6) is 0.0962. The summed E-state index contributed by atoms with van der Waals surface area (Å²) in [5.41, 5.74) is 0.957. The topological polar surface area (TPSA) is 50.8 Å². The molecule has 0 heterocycles. The highest BCUT2D eigenvalue weighted by Gasteiger charge is 2.32. The lowest BCUT2D eigenvalue weighted by molar-refractivity contribution is -0.275. The van der Waals surface area contributed by atoms with Gasteiger partial charge in [-0.05, 0) is 25.2 Å². The van der Waals surface area contributed by atoms with E-state index in [1.807, 2.05) is 0 Å². The Bertz CT molecular complexity index is 766. The second-order valence-corrected chi connectivity index (χ2v) is 5.89. The molecule has 0 saturated carbocycles. The molecule has 0 aliphatic heterocycles. The van der Waals surface area contributed by atoms with E-state index in [0.717, 1.165) is 0 Å². The molecule has 0 unspecified atom stereocenters. The fraction of sp³-hybridized carbons (Fsp3) is 0.316. The number of nitrogens with zero attached hydrogens (tertiary/aromatic N) is 1. The number of ether oxygens (including phenoxy) is 2. The van der Waals surface area contributed by atoms with Gasteiger partial charge in [0.05, 0.1) is 12.8 Å². The number of alkyl halides is 3. The van der Waals surface area contributed by atoms with Gasteiger partial charge in [-0.15, -0.1) is 13.2 Å². The van der Waals surface area contributed by atoms with Gasteiger partial charge in [0.25, 0.3) is 0 Å². The van der Waals surface area contributed by atoms with Crippen molar-refractivity contribution in [1.82, 2.24) is 4.90 Å². The van der Waals surface area contributed by atoms with Crippen molar-refractivity contribution < 1.29 is 27.4 Å². The first-order chi connectivity index (χ1) is 12.8. The number of benzene rings is 2. The lowest BCUT2D eigenvalue weighted by atomic mass is 10.2. The average molecular weight is 382 g/mol. The predicted molar refractivity (Wildman–Crippen MR) is 95.7 cm³/mol. The minimum absolute atomic E-state index is 0.177. The number of hydrogen-bond acceptors (Lipinski definition) is 4. The SMILES string of the molecule is COc1ccccc1NC(=O)CCN(C)Cc1ccccc1OC(F)(F)F. The molecule has 2 aromatic carbocycles. The first-order valence-corrected chi connectivity index (χ1v) is 8.23. The normalized spacial score (nSPS) is 11.3. The molecule has 0 aromatic heterocycles. The molecule has 27 heavy (non-hydrogen) atoms. The van der Waals surface area contributed by atoms with Crippen LogP contribution in [0.1, 0.15) is 12.0 Å². The van der Waals surface area contributed by atoms with Crippen LogP contribution in [0.15, 0.2) is 48.5 Å². The lowest BCUT2D eigenvalue weighted by Crippen LogP contribution is -2.25. The fourth-order valence-electron chi connectivity index (χ4n) is 2.48. The van der Waals surface area contributed by atoms with Crippen LogP contribution < -0.4 is 14.8 Å². The second kappa shape index (κ2) is 9.27. The molecular formula is C19H21F3N2O3. The van der Waals surface area contributed by atoms with Crippen molar-refractivity contribution in [1.29, 1.82) is 0 Å². The van der Waals surface area contributed by atoms with E-state index in [-0.39, 0.29) is 24.6 Å². The third-order valence-electron chi connectivity index (χ3n) is 3.74. The minimum atomic E-state index is -4.75. The standard InChI is InChI=1S/C19H21F3N2O3/c1-24(13-14-7-3-5-9-16(14)27-19(20,21)22)12-11-18(25)23-15-8-4-6-10-17(15)26-2/h3-10H,11-13H2,1-2H3,(H,23,25). The van der Waals surface area contributed by atoms with Gasteiger partial charge in [0.2, 0.25) is 5.91 Å². The van der Waals surface area contributed by atoms with Gasteiger partial charge in [-0.1, -0.05) is 30.3 Å². The van der Waals surface area contributed by atoms with Gasteiger partial charge in [-0.2, -0.15) is 0 Å². The maximum atomic E-state index is 12.5. The molecular weight excluding hydrogens is 361 g/mol. The highest BCUT2D eigenvalue weighted by atomic mass is 19.4. The van der Waals surface area contributed by atoms with Crippen LogP contribution >= 0.6 is 0 Å². The van der Waals surface area contributed by atoms with Crippen LogP contribution in [-0.4, -0.2) is 37.9 Å². The van der Waals surface area contributed by atoms with Crippen molar-refractivity contribution >= 4 is 11.6 Å². The van der Waals surface area contributed by atoms with Crippen molar-refractivity contribution in [3.05, 3.63) is 54.1 Å². The highest BCUT2D eigenvalue weighted by Crippen LogP contribution is 2.27. The first kappa shape index (κ1) is 20.6. The Hall–Kier alpha value is -2.74. The number of para-hydroxylation sites is 3. The summed E-state index contributed by atoms with van der Waals surface area (Å²) >= 11 is 0. The van der Waals surface area contributed by atoms with E-state index in [1.54, 1.807) is 48.3 Å².